The van der Waals surface area contributed by atoms with E-state index >= 15 is 0 Å². The van der Waals surface area contributed by atoms with Crippen molar-refractivity contribution < 1.29 is 14.0 Å². The first kappa shape index (κ1) is 17.6. The molecular formula is C20H29N3O3. The van der Waals surface area contributed by atoms with Crippen molar-refractivity contribution in [2.24, 2.45) is 5.41 Å². The zero-order chi connectivity index (χ0) is 18.3. The van der Waals surface area contributed by atoms with Crippen LogP contribution in [-0.2, 0) is 16.0 Å². The second-order valence-corrected chi connectivity index (χ2v) is 8.41. The number of nitrogens with zero attached hydrogens (tertiary/aromatic N) is 2. The molecule has 3 saturated heterocycles. The van der Waals surface area contributed by atoms with Crippen molar-refractivity contribution in [1.29, 1.82) is 0 Å². The lowest BCUT2D eigenvalue weighted by molar-refractivity contribution is -0.133. The number of carbonyl (C=O) groups is 2. The first-order valence-corrected chi connectivity index (χ1v) is 9.83. The fourth-order valence-corrected chi connectivity index (χ4v) is 4.94. The van der Waals surface area contributed by atoms with E-state index in [2.05, 4.69) is 17.1 Å². The first-order valence-electron chi connectivity index (χ1n) is 9.83. The smallest absolute Gasteiger partial charge is 0.230 e. The molecule has 142 valence electrons. The molecule has 2 amide bonds. The summed E-state index contributed by atoms with van der Waals surface area (Å²) in [4.78, 5) is 29.9. The van der Waals surface area contributed by atoms with Gasteiger partial charge in [-0.1, -0.05) is 0 Å². The first-order chi connectivity index (χ1) is 12.5. The number of furan rings is 1. The van der Waals surface area contributed by atoms with Crippen molar-refractivity contribution in [3.63, 3.8) is 0 Å². The van der Waals surface area contributed by atoms with E-state index < -0.39 is 0 Å². The van der Waals surface area contributed by atoms with E-state index in [1.807, 2.05) is 17.9 Å². The summed E-state index contributed by atoms with van der Waals surface area (Å²) in [6.07, 6.45) is 5.83. The Morgan fingerprint density at radius 2 is 2.19 bits per heavy atom. The molecule has 3 aliphatic heterocycles. The van der Waals surface area contributed by atoms with Crippen molar-refractivity contribution in [3.05, 3.63) is 23.7 Å². The lowest BCUT2D eigenvalue weighted by atomic mass is 9.80. The minimum atomic E-state index is -0.190. The van der Waals surface area contributed by atoms with E-state index in [1.54, 1.807) is 6.26 Å². The molecule has 0 aromatic carbocycles. The van der Waals surface area contributed by atoms with Gasteiger partial charge >= 0.3 is 0 Å². The van der Waals surface area contributed by atoms with Gasteiger partial charge in [0.1, 0.15) is 5.76 Å². The van der Waals surface area contributed by atoms with Crippen molar-refractivity contribution >= 4 is 11.8 Å². The van der Waals surface area contributed by atoms with E-state index in [4.69, 9.17) is 4.42 Å². The number of carbonyl (C=O) groups excluding carboxylic acids is 2. The molecule has 0 aliphatic carbocycles. The van der Waals surface area contributed by atoms with Crippen LogP contribution in [0.1, 0.15) is 43.9 Å². The molecule has 0 radical (unpaired) electrons. The van der Waals surface area contributed by atoms with E-state index in [-0.39, 0.29) is 29.3 Å². The fraction of sp³-hybridized carbons (Fsp3) is 0.700. The number of piperidine rings is 1. The molecule has 3 fully saturated rings. The molecule has 0 spiro atoms. The van der Waals surface area contributed by atoms with Crippen LogP contribution in [0.4, 0.5) is 0 Å². The number of aryl methyl sites for hydroxylation is 1. The molecule has 4 rings (SSSR count). The predicted octanol–water partition coefficient (Wildman–Crippen LogP) is 1.72. The Morgan fingerprint density at radius 3 is 2.96 bits per heavy atom. The third-order valence-corrected chi connectivity index (χ3v) is 6.55. The molecule has 6 heteroatoms. The molecule has 0 saturated carbocycles. The number of fused-ring (bicyclic) bond motifs is 2. The Kier molecular flexibility index (Phi) is 4.55. The van der Waals surface area contributed by atoms with Gasteiger partial charge in [-0.3, -0.25) is 9.59 Å². The Balaban J connectivity index is 1.35. The van der Waals surface area contributed by atoms with Gasteiger partial charge in [0.05, 0.1) is 18.1 Å². The normalized spacial score (nSPS) is 33.5. The SMILES string of the molecule is Cc1ccoc1CC(=O)N1CC(NC(=O)C23CCCN(CC2)C3)CC1C. The van der Waals surface area contributed by atoms with Gasteiger partial charge in [0.25, 0.3) is 0 Å². The standard InChI is InChI=1S/C20H29N3O3/c1-14-4-9-26-17(14)11-18(24)23-12-16(10-15(23)2)21-19(25)20-5-3-7-22(13-20)8-6-20/h4,9,15-16H,3,5-8,10-13H2,1-2H3,(H,21,25). The number of amides is 2. The van der Waals surface area contributed by atoms with Gasteiger partial charge in [-0.2, -0.15) is 0 Å². The van der Waals surface area contributed by atoms with Crippen LogP contribution in [0.3, 0.4) is 0 Å². The third-order valence-electron chi connectivity index (χ3n) is 6.55. The quantitative estimate of drug-likeness (QED) is 0.889. The second-order valence-electron chi connectivity index (χ2n) is 8.41. The molecule has 4 atom stereocenters. The molecule has 3 aliphatic rings. The monoisotopic (exact) mass is 359 g/mol. The van der Waals surface area contributed by atoms with Crippen LogP contribution in [0.25, 0.3) is 0 Å². The van der Waals surface area contributed by atoms with Crippen LogP contribution in [-0.4, -0.2) is 59.9 Å². The Labute approximate surface area is 154 Å². The van der Waals surface area contributed by atoms with Gasteiger partial charge in [-0.15, -0.1) is 0 Å². The van der Waals surface area contributed by atoms with E-state index in [0.29, 0.717) is 13.0 Å². The third kappa shape index (κ3) is 3.15. The summed E-state index contributed by atoms with van der Waals surface area (Å²) in [5.41, 5.74) is 0.821. The Morgan fingerprint density at radius 1 is 1.35 bits per heavy atom. The molecule has 26 heavy (non-hydrogen) atoms. The van der Waals surface area contributed by atoms with Crippen LogP contribution in [0.15, 0.2) is 16.7 Å². The van der Waals surface area contributed by atoms with Crippen molar-refractivity contribution in [2.75, 3.05) is 26.2 Å². The van der Waals surface area contributed by atoms with Crippen LogP contribution >= 0.6 is 0 Å². The van der Waals surface area contributed by atoms with Gasteiger partial charge in [-0.05, 0) is 64.3 Å². The fourth-order valence-electron chi connectivity index (χ4n) is 4.94. The minimum absolute atomic E-state index is 0.0597. The summed E-state index contributed by atoms with van der Waals surface area (Å²) in [7, 11) is 0. The molecule has 6 nitrogen and oxygen atoms in total. The van der Waals surface area contributed by atoms with Crippen LogP contribution in [0, 0.1) is 12.3 Å². The molecule has 4 unspecified atom stereocenters. The van der Waals surface area contributed by atoms with Crippen LogP contribution in [0.2, 0.25) is 0 Å². The van der Waals surface area contributed by atoms with Gasteiger partial charge in [0.2, 0.25) is 11.8 Å². The number of nitrogens with one attached hydrogen (secondary N) is 1. The summed E-state index contributed by atoms with van der Waals surface area (Å²) >= 11 is 0. The van der Waals surface area contributed by atoms with Crippen molar-refractivity contribution in [1.82, 2.24) is 15.1 Å². The molecule has 1 aromatic rings. The molecule has 2 bridgehead atoms. The molecule has 4 heterocycles. The highest BCUT2D eigenvalue weighted by molar-refractivity contribution is 5.84. The summed E-state index contributed by atoms with van der Waals surface area (Å²) in [6, 6.07) is 2.09. The Hall–Kier alpha value is -1.82. The highest BCUT2D eigenvalue weighted by Gasteiger charge is 2.47. The zero-order valence-electron chi connectivity index (χ0n) is 15.8. The minimum Gasteiger partial charge on any atom is -0.469 e. The average molecular weight is 359 g/mol. The van der Waals surface area contributed by atoms with Gasteiger partial charge in [0, 0.05) is 25.2 Å². The summed E-state index contributed by atoms with van der Waals surface area (Å²) < 4.78 is 5.41. The lowest BCUT2D eigenvalue weighted by Crippen LogP contribution is -2.49. The largest absolute Gasteiger partial charge is 0.469 e. The number of rotatable bonds is 4. The average Bonchev–Trinajstić information content (AvgIpc) is 3.27. The van der Waals surface area contributed by atoms with Gasteiger partial charge < -0.3 is 19.5 Å². The molecule has 1 aromatic heterocycles. The van der Waals surface area contributed by atoms with Crippen LogP contribution in [0.5, 0.6) is 0 Å². The van der Waals surface area contributed by atoms with Crippen molar-refractivity contribution in [2.45, 2.75) is 58.0 Å². The second kappa shape index (κ2) is 6.72. The topological polar surface area (TPSA) is 65.8 Å². The Bertz CT molecular complexity index is 696. The highest BCUT2D eigenvalue weighted by atomic mass is 16.3. The molecule has 1 N–H and O–H groups in total. The number of likely N-dealkylation sites (tertiary alicyclic amines) is 1. The maximum atomic E-state index is 13.0. The number of hydrogen-bond donors (Lipinski definition) is 1. The number of hydrogen-bond acceptors (Lipinski definition) is 4. The van der Waals surface area contributed by atoms with E-state index in [0.717, 1.165) is 56.6 Å². The van der Waals surface area contributed by atoms with Gasteiger partial charge in [0.15, 0.2) is 0 Å². The van der Waals surface area contributed by atoms with Crippen LogP contribution < -0.4 is 5.32 Å². The summed E-state index contributed by atoms with van der Waals surface area (Å²) in [5, 5.41) is 3.27. The lowest BCUT2D eigenvalue weighted by Gasteiger charge is -2.33. The summed E-state index contributed by atoms with van der Waals surface area (Å²) in [6.45, 7) is 7.70. The van der Waals surface area contributed by atoms with E-state index in [1.165, 1.54) is 0 Å². The zero-order valence-corrected chi connectivity index (χ0v) is 15.8. The van der Waals surface area contributed by atoms with Crippen molar-refractivity contribution in [3.8, 4) is 0 Å². The van der Waals surface area contributed by atoms with E-state index in [9.17, 15) is 9.59 Å². The molecular weight excluding hydrogens is 330 g/mol. The predicted molar refractivity (Wildman–Crippen MR) is 97.6 cm³/mol. The highest BCUT2D eigenvalue weighted by Crippen LogP contribution is 2.39. The maximum absolute atomic E-state index is 13.0. The summed E-state index contributed by atoms with van der Waals surface area (Å²) in [5.74, 6) is 1.02. The van der Waals surface area contributed by atoms with Gasteiger partial charge in [-0.25, -0.2) is 0 Å². The maximum Gasteiger partial charge on any atom is 0.230 e.